The molecular weight excluding hydrogens is 523 g/mol. The molecule has 1 fully saturated rings. The summed E-state index contributed by atoms with van der Waals surface area (Å²) in [5.41, 5.74) is 1.15. The van der Waals surface area contributed by atoms with Crippen molar-refractivity contribution in [3.8, 4) is 11.5 Å². The summed E-state index contributed by atoms with van der Waals surface area (Å²) in [7, 11) is -3.34. The highest BCUT2D eigenvalue weighted by atomic mass is 35.5. The summed E-state index contributed by atoms with van der Waals surface area (Å²) < 4.78 is 58.0. The maximum atomic E-state index is 13.6. The molecule has 4 rings (SSSR count). The third kappa shape index (κ3) is 7.64. The zero-order chi connectivity index (χ0) is 26.3. The molecule has 3 aromatic rings. The maximum absolute atomic E-state index is 13.6. The number of sulfonamides is 1. The van der Waals surface area contributed by atoms with Gasteiger partial charge in [0, 0.05) is 36.5 Å². The molecule has 0 saturated carbocycles. The van der Waals surface area contributed by atoms with Gasteiger partial charge >= 0.3 is 0 Å². The molecule has 1 aliphatic rings. The van der Waals surface area contributed by atoms with E-state index >= 15 is 0 Å². The van der Waals surface area contributed by atoms with Crippen LogP contribution in [0.5, 0.6) is 11.5 Å². The van der Waals surface area contributed by atoms with Gasteiger partial charge in [-0.25, -0.2) is 27.5 Å². The van der Waals surface area contributed by atoms with E-state index in [1.807, 2.05) is 6.92 Å². The van der Waals surface area contributed by atoms with Gasteiger partial charge in [-0.3, -0.25) is 0 Å². The van der Waals surface area contributed by atoms with Gasteiger partial charge in [-0.05, 0) is 30.7 Å². The van der Waals surface area contributed by atoms with Gasteiger partial charge in [0.25, 0.3) is 0 Å². The largest absolute Gasteiger partial charge is 0.488 e. The Hall–Kier alpha value is -2.73. The molecule has 12 heteroatoms. The number of aromatic nitrogens is 2. The first-order valence-electron chi connectivity index (χ1n) is 12.2. The van der Waals surface area contributed by atoms with Crippen LogP contribution in [0.4, 0.5) is 15.9 Å². The summed E-state index contributed by atoms with van der Waals surface area (Å²) in [5.74, 6) is 0.995. The minimum Gasteiger partial charge on any atom is -0.488 e. The smallest absolute Gasteiger partial charge is 0.211 e. The van der Waals surface area contributed by atoms with E-state index in [0.29, 0.717) is 53.5 Å². The van der Waals surface area contributed by atoms with E-state index in [2.05, 4.69) is 20.0 Å². The lowest BCUT2D eigenvalue weighted by Crippen LogP contribution is -2.30. The van der Waals surface area contributed by atoms with Crippen molar-refractivity contribution < 1.29 is 27.0 Å². The molecule has 37 heavy (non-hydrogen) atoms. The van der Waals surface area contributed by atoms with Crippen molar-refractivity contribution in [3.63, 3.8) is 0 Å². The molecule has 0 aliphatic carbocycles. The van der Waals surface area contributed by atoms with E-state index in [0.717, 1.165) is 19.3 Å². The number of rotatable bonds is 12. The van der Waals surface area contributed by atoms with E-state index in [1.54, 1.807) is 18.2 Å². The lowest BCUT2D eigenvalue weighted by atomic mass is 10.1. The Bertz CT molecular complexity index is 1320. The second-order valence-electron chi connectivity index (χ2n) is 8.64. The van der Waals surface area contributed by atoms with E-state index in [-0.39, 0.29) is 30.0 Å². The van der Waals surface area contributed by atoms with Crippen LogP contribution in [0.1, 0.15) is 32.6 Å². The number of unbranched alkanes of at least 4 members (excludes halogenated alkanes) is 1. The standard InChI is InChI=1S/C25H30ClFN4O5S/c1-2-3-12-37(32,33)30-8-11-35-23-15-22-19(14-24(23)36-18-6-9-34-10-7-18)25(29-16-28-22)31-17-4-5-21(27)20(26)13-17/h4-5,13-16,18,30H,2-3,6-12H2,1H3,(H,28,29,31). The van der Waals surface area contributed by atoms with Crippen LogP contribution in [-0.4, -0.2) is 56.6 Å². The molecule has 200 valence electrons. The molecule has 2 aromatic carbocycles. The van der Waals surface area contributed by atoms with Gasteiger partial charge in [-0.1, -0.05) is 24.9 Å². The Morgan fingerprint density at radius 2 is 1.97 bits per heavy atom. The highest BCUT2D eigenvalue weighted by Gasteiger charge is 2.20. The normalized spacial score (nSPS) is 14.6. The molecule has 1 saturated heterocycles. The van der Waals surface area contributed by atoms with Crippen LogP contribution in [0.2, 0.25) is 5.02 Å². The summed E-state index contributed by atoms with van der Waals surface area (Å²) in [6.45, 7) is 3.40. The minimum absolute atomic E-state index is 0.00657. The number of nitrogens with one attached hydrogen (secondary N) is 2. The second-order valence-corrected chi connectivity index (χ2v) is 11.0. The first-order valence-corrected chi connectivity index (χ1v) is 14.2. The van der Waals surface area contributed by atoms with Crippen molar-refractivity contribution in [2.45, 2.75) is 38.7 Å². The summed E-state index contributed by atoms with van der Waals surface area (Å²) in [5, 5.41) is 3.81. The zero-order valence-electron chi connectivity index (χ0n) is 20.5. The number of ether oxygens (including phenoxy) is 3. The van der Waals surface area contributed by atoms with Crippen molar-refractivity contribution in [1.82, 2.24) is 14.7 Å². The van der Waals surface area contributed by atoms with Crippen LogP contribution in [0, 0.1) is 5.82 Å². The molecule has 0 amide bonds. The van der Waals surface area contributed by atoms with Crippen molar-refractivity contribution in [1.29, 1.82) is 0 Å². The molecule has 0 radical (unpaired) electrons. The Labute approximate surface area is 220 Å². The number of nitrogens with zero attached hydrogens (tertiary/aromatic N) is 2. The van der Waals surface area contributed by atoms with E-state index in [1.165, 1.54) is 18.5 Å². The highest BCUT2D eigenvalue weighted by Crippen LogP contribution is 2.36. The number of fused-ring (bicyclic) bond motifs is 1. The Morgan fingerprint density at radius 3 is 2.73 bits per heavy atom. The lowest BCUT2D eigenvalue weighted by Gasteiger charge is -2.25. The predicted molar refractivity (Wildman–Crippen MR) is 141 cm³/mol. The Kier molecular flexibility index (Phi) is 9.36. The fraction of sp³-hybridized carbons (Fsp3) is 0.440. The van der Waals surface area contributed by atoms with Crippen LogP contribution >= 0.6 is 11.6 Å². The average molecular weight is 553 g/mol. The SMILES string of the molecule is CCCCS(=O)(=O)NCCOc1cc2ncnc(Nc3ccc(F)c(Cl)c3)c2cc1OC1CCOCC1. The molecule has 0 atom stereocenters. The quantitative estimate of drug-likeness (QED) is 0.308. The van der Waals surface area contributed by atoms with Gasteiger partial charge in [-0.15, -0.1) is 0 Å². The van der Waals surface area contributed by atoms with Crippen molar-refractivity contribution in [2.24, 2.45) is 0 Å². The van der Waals surface area contributed by atoms with Crippen molar-refractivity contribution in [2.75, 3.05) is 37.4 Å². The van der Waals surface area contributed by atoms with Crippen LogP contribution < -0.4 is 19.5 Å². The monoisotopic (exact) mass is 552 g/mol. The number of hydrogen-bond donors (Lipinski definition) is 2. The van der Waals surface area contributed by atoms with Gasteiger partial charge in [0.15, 0.2) is 11.5 Å². The summed E-state index contributed by atoms with van der Waals surface area (Å²) in [6, 6.07) is 7.84. The molecule has 9 nitrogen and oxygen atoms in total. The number of anilines is 2. The fourth-order valence-electron chi connectivity index (χ4n) is 3.82. The second kappa shape index (κ2) is 12.7. The summed E-state index contributed by atoms with van der Waals surface area (Å²) in [6.07, 6.45) is 4.22. The molecule has 1 aliphatic heterocycles. The Balaban J connectivity index is 1.57. The first kappa shape index (κ1) is 27.3. The third-order valence-corrected chi connectivity index (χ3v) is 7.55. The van der Waals surface area contributed by atoms with Crippen molar-refractivity contribution in [3.05, 3.63) is 47.5 Å². The third-order valence-electron chi connectivity index (χ3n) is 5.79. The summed E-state index contributed by atoms with van der Waals surface area (Å²) >= 11 is 5.93. The van der Waals surface area contributed by atoms with Gasteiger partial charge in [0.1, 0.15) is 30.7 Å². The molecule has 0 bridgehead atoms. The number of halogens is 2. The zero-order valence-corrected chi connectivity index (χ0v) is 22.1. The molecule has 0 spiro atoms. The molecule has 2 heterocycles. The van der Waals surface area contributed by atoms with Gasteiger partial charge in [-0.2, -0.15) is 0 Å². The van der Waals surface area contributed by atoms with Crippen LogP contribution in [0.25, 0.3) is 10.9 Å². The lowest BCUT2D eigenvalue weighted by molar-refractivity contribution is 0.0244. The number of benzene rings is 2. The van der Waals surface area contributed by atoms with Crippen LogP contribution in [0.3, 0.4) is 0 Å². The van der Waals surface area contributed by atoms with E-state index in [9.17, 15) is 12.8 Å². The van der Waals surface area contributed by atoms with E-state index < -0.39 is 15.8 Å². The molecule has 2 N–H and O–H groups in total. The fourth-order valence-corrected chi connectivity index (χ4v) is 5.21. The van der Waals surface area contributed by atoms with Crippen LogP contribution in [0.15, 0.2) is 36.7 Å². The molecule has 1 aromatic heterocycles. The van der Waals surface area contributed by atoms with E-state index in [4.69, 9.17) is 25.8 Å². The topological polar surface area (TPSA) is 112 Å². The van der Waals surface area contributed by atoms with Gasteiger partial charge in [0.05, 0.1) is 29.5 Å². The predicted octanol–water partition coefficient (Wildman–Crippen LogP) is 4.82. The van der Waals surface area contributed by atoms with Crippen LogP contribution in [-0.2, 0) is 14.8 Å². The molecular formula is C25H30ClFN4O5S. The summed E-state index contributed by atoms with van der Waals surface area (Å²) in [4.78, 5) is 8.71. The average Bonchev–Trinajstić information content (AvgIpc) is 2.89. The first-order chi connectivity index (χ1) is 17.8. The van der Waals surface area contributed by atoms with Crippen molar-refractivity contribution >= 4 is 44.0 Å². The van der Waals surface area contributed by atoms with Gasteiger partial charge in [0.2, 0.25) is 10.0 Å². The molecule has 0 unspecified atom stereocenters. The maximum Gasteiger partial charge on any atom is 0.211 e. The van der Waals surface area contributed by atoms with Gasteiger partial charge < -0.3 is 19.5 Å². The number of hydrogen-bond acceptors (Lipinski definition) is 8. The Morgan fingerprint density at radius 1 is 1.16 bits per heavy atom. The highest BCUT2D eigenvalue weighted by molar-refractivity contribution is 7.89. The minimum atomic E-state index is -3.34.